The van der Waals surface area contributed by atoms with Gasteiger partial charge in [-0.1, -0.05) is 6.82 Å². The first-order valence-electron chi connectivity index (χ1n) is 2.75. The summed E-state index contributed by atoms with van der Waals surface area (Å²) >= 11 is 3.26. The molecule has 0 aromatic carbocycles. The van der Waals surface area contributed by atoms with Gasteiger partial charge in [-0.3, -0.25) is 0 Å². The van der Waals surface area contributed by atoms with Gasteiger partial charge >= 0.3 is 0 Å². The van der Waals surface area contributed by atoms with Gasteiger partial charge in [0.25, 0.3) is 0 Å². The van der Waals surface area contributed by atoms with Crippen LogP contribution in [0.2, 0.25) is 6.82 Å². The third kappa shape index (κ3) is 1.61. The van der Waals surface area contributed by atoms with E-state index in [2.05, 4.69) is 27.6 Å². The Hall–Kier alpha value is -0.180. The molecule has 1 radical (unpaired) electrons. The summed E-state index contributed by atoms with van der Waals surface area (Å²) in [5, 5.41) is 0. The lowest BCUT2D eigenvalue weighted by Gasteiger charge is -2.01. The van der Waals surface area contributed by atoms with Crippen molar-refractivity contribution in [2.75, 3.05) is 0 Å². The highest BCUT2D eigenvalue weighted by atomic mass is 79.9. The van der Waals surface area contributed by atoms with E-state index in [1.807, 2.05) is 16.7 Å². The number of hydrogen-bond acceptors (Lipinski definition) is 1. The summed E-state index contributed by atoms with van der Waals surface area (Å²) in [5.74, 6) is 1.94. The Bertz CT molecular complexity index is 165. The van der Waals surface area contributed by atoms with Crippen molar-refractivity contribution >= 4 is 28.5 Å². The Balaban J connectivity index is 2.65. The van der Waals surface area contributed by atoms with Gasteiger partial charge < -0.3 is 4.48 Å². The minimum atomic E-state index is 0.382. The van der Waals surface area contributed by atoms with E-state index >= 15 is 0 Å². The SMILES string of the molecule is CB([B]Br)n1ccnc1. The van der Waals surface area contributed by atoms with E-state index in [9.17, 15) is 0 Å². The minimum Gasteiger partial charge on any atom is -0.389 e. The highest BCUT2D eigenvalue weighted by Crippen LogP contribution is 1.90. The molecule has 1 rings (SSSR count). The quantitative estimate of drug-likeness (QED) is 0.622. The number of nitrogens with zero attached hydrogens (tertiary/aromatic N) is 2. The zero-order valence-corrected chi connectivity index (χ0v) is 6.75. The predicted molar refractivity (Wildman–Crippen MR) is 43.9 cm³/mol. The van der Waals surface area contributed by atoms with E-state index < -0.39 is 0 Å². The Morgan fingerprint density at radius 2 is 2.56 bits per heavy atom. The smallest absolute Gasteiger partial charge is 0.229 e. The molecular formula is C4H6B2BrN2. The first-order chi connectivity index (χ1) is 4.34. The molecule has 9 heavy (non-hydrogen) atoms. The Labute approximate surface area is 64.0 Å². The zero-order chi connectivity index (χ0) is 6.69. The summed E-state index contributed by atoms with van der Waals surface area (Å²) in [7, 11) is 0. The molecule has 0 N–H and O–H groups in total. The van der Waals surface area contributed by atoms with Gasteiger partial charge in [0, 0.05) is 12.4 Å². The maximum absolute atomic E-state index is 3.91. The van der Waals surface area contributed by atoms with Crippen LogP contribution in [-0.2, 0) is 0 Å². The summed E-state index contributed by atoms with van der Waals surface area (Å²) in [4.78, 5) is 3.91. The van der Waals surface area contributed by atoms with Crippen molar-refractivity contribution in [3.63, 3.8) is 0 Å². The standard InChI is InChI=1S/C4H6B2BrN2/c1-6(5-7)9-3-2-8-4-9/h2-4H,1H3. The fourth-order valence-electron chi connectivity index (χ4n) is 0.575. The third-order valence-electron chi connectivity index (χ3n) is 1.18. The molecule has 0 atom stereocenters. The van der Waals surface area contributed by atoms with Gasteiger partial charge in [-0.25, -0.2) is 4.98 Å². The van der Waals surface area contributed by atoms with Crippen LogP contribution in [0.5, 0.6) is 0 Å². The van der Waals surface area contributed by atoms with Gasteiger partial charge in [-0.15, -0.1) is 0 Å². The molecule has 0 amide bonds. The maximum Gasteiger partial charge on any atom is 0.229 e. The largest absolute Gasteiger partial charge is 0.389 e. The Morgan fingerprint density at radius 3 is 3.00 bits per heavy atom. The van der Waals surface area contributed by atoms with Crippen molar-refractivity contribution in [1.29, 1.82) is 0 Å². The normalized spacial score (nSPS) is 9.11. The van der Waals surface area contributed by atoms with Crippen LogP contribution in [0, 0.1) is 0 Å². The summed E-state index contributed by atoms with van der Waals surface area (Å²) < 4.78 is 2.01. The minimum absolute atomic E-state index is 0.382. The molecule has 0 bridgehead atoms. The number of aromatic nitrogens is 2. The maximum atomic E-state index is 3.91. The molecule has 0 spiro atoms. The molecule has 1 aromatic heterocycles. The molecule has 0 saturated carbocycles. The van der Waals surface area contributed by atoms with Crippen LogP contribution in [0.25, 0.3) is 0 Å². The molecule has 0 saturated heterocycles. The lowest BCUT2D eigenvalue weighted by molar-refractivity contribution is 1.18. The first-order valence-corrected chi connectivity index (χ1v) is 3.67. The highest BCUT2D eigenvalue weighted by molar-refractivity contribution is 9.24. The van der Waals surface area contributed by atoms with Crippen molar-refractivity contribution < 1.29 is 0 Å². The van der Waals surface area contributed by atoms with Crippen molar-refractivity contribution in [3.8, 4) is 0 Å². The molecule has 1 heterocycles. The highest BCUT2D eigenvalue weighted by Gasteiger charge is 2.06. The van der Waals surface area contributed by atoms with Crippen LogP contribution in [0.15, 0.2) is 18.7 Å². The van der Waals surface area contributed by atoms with Crippen molar-refractivity contribution in [3.05, 3.63) is 18.7 Å². The predicted octanol–water partition coefficient (Wildman–Crippen LogP) is 0.863. The van der Waals surface area contributed by atoms with Crippen LogP contribution in [0.4, 0.5) is 0 Å². The van der Waals surface area contributed by atoms with E-state index in [4.69, 9.17) is 0 Å². The molecule has 0 aliphatic heterocycles. The van der Waals surface area contributed by atoms with E-state index in [0.717, 1.165) is 0 Å². The molecule has 0 unspecified atom stereocenters. The van der Waals surface area contributed by atoms with Gasteiger partial charge in [0.1, 0.15) is 0 Å². The monoisotopic (exact) mass is 183 g/mol. The van der Waals surface area contributed by atoms with E-state index in [1.165, 1.54) is 0 Å². The van der Waals surface area contributed by atoms with Crippen molar-refractivity contribution in [2.24, 2.45) is 0 Å². The van der Waals surface area contributed by atoms with Crippen molar-refractivity contribution in [2.45, 2.75) is 6.82 Å². The summed E-state index contributed by atoms with van der Waals surface area (Å²) in [6, 6.07) is 0. The second kappa shape index (κ2) is 3.11. The second-order valence-corrected chi connectivity index (χ2v) is 2.41. The number of hydrogen-bond donors (Lipinski definition) is 0. The molecule has 5 heteroatoms. The molecular weight excluding hydrogens is 178 g/mol. The van der Waals surface area contributed by atoms with Gasteiger partial charge in [0.2, 0.25) is 6.74 Å². The van der Waals surface area contributed by atoms with Crippen LogP contribution >= 0.6 is 15.8 Å². The molecule has 1 aromatic rings. The van der Waals surface area contributed by atoms with Gasteiger partial charge in [-0.05, 0) is 0 Å². The van der Waals surface area contributed by atoms with Crippen LogP contribution in [0.1, 0.15) is 0 Å². The Morgan fingerprint density at radius 1 is 1.78 bits per heavy atom. The average Bonchev–Trinajstić information content (AvgIpc) is 2.37. The number of rotatable bonds is 2. The lowest BCUT2D eigenvalue weighted by Crippen LogP contribution is -2.23. The number of imidazole rings is 1. The van der Waals surface area contributed by atoms with E-state index in [-0.39, 0.29) is 0 Å². The van der Waals surface area contributed by atoms with Crippen molar-refractivity contribution in [1.82, 2.24) is 9.46 Å². The van der Waals surface area contributed by atoms with Crippen LogP contribution in [0.3, 0.4) is 0 Å². The van der Waals surface area contributed by atoms with Gasteiger partial charge in [0.05, 0.1) is 6.33 Å². The van der Waals surface area contributed by atoms with Crippen LogP contribution < -0.4 is 0 Å². The van der Waals surface area contributed by atoms with E-state index in [0.29, 0.717) is 6.74 Å². The van der Waals surface area contributed by atoms with Crippen LogP contribution in [-0.4, -0.2) is 22.2 Å². The summed E-state index contributed by atoms with van der Waals surface area (Å²) in [5.41, 5.74) is 0. The topological polar surface area (TPSA) is 17.8 Å². The molecule has 0 aliphatic carbocycles. The second-order valence-electron chi connectivity index (χ2n) is 1.88. The van der Waals surface area contributed by atoms with E-state index in [1.54, 1.807) is 12.5 Å². The Kier molecular flexibility index (Phi) is 2.39. The average molecular weight is 184 g/mol. The third-order valence-corrected chi connectivity index (χ3v) is 1.94. The molecule has 2 nitrogen and oxygen atoms in total. The number of halogens is 1. The van der Waals surface area contributed by atoms with Gasteiger partial charge in [-0.2, -0.15) is 15.8 Å². The lowest BCUT2D eigenvalue weighted by atomic mass is 9.44. The first kappa shape index (κ1) is 6.93. The summed E-state index contributed by atoms with van der Waals surface area (Å²) in [6.45, 7) is 2.46. The fourth-order valence-corrected chi connectivity index (χ4v) is 0.848. The fraction of sp³-hybridized carbons (Fsp3) is 0.250. The van der Waals surface area contributed by atoms with Gasteiger partial charge in [0.15, 0.2) is 5.99 Å². The molecule has 45 valence electrons. The molecule has 0 aliphatic rings. The molecule has 0 fully saturated rings. The summed E-state index contributed by atoms with van der Waals surface area (Å²) in [6.07, 6.45) is 5.50. The zero-order valence-electron chi connectivity index (χ0n) is 5.16.